The van der Waals surface area contributed by atoms with E-state index in [4.69, 9.17) is 16.3 Å². The number of fused-ring (bicyclic) bond motifs is 1. The molecule has 2 aromatic carbocycles. The fourth-order valence-electron chi connectivity index (χ4n) is 3.62. The monoisotopic (exact) mass is 460 g/mol. The van der Waals surface area contributed by atoms with Crippen molar-refractivity contribution < 1.29 is 18.3 Å². The summed E-state index contributed by atoms with van der Waals surface area (Å²) in [5.41, 5.74) is 3.10. The molecule has 4 rings (SSSR count). The molecule has 0 saturated carbocycles. The molecule has 168 valence electrons. The summed E-state index contributed by atoms with van der Waals surface area (Å²) in [6.45, 7) is 1.87. The maximum atomic E-state index is 13.8. The molecule has 2 aromatic rings. The van der Waals surface area contributed by atoms with Crippen LogP contribution in [0, 0.1) is 11.6 Å². The van der Waals surface area contributed by atoms with Crippen molar-refractivity contribution in [2.24, 2.45) is 0 Å². The third-order valence-corrected chi connectivity index (χ3v) is 5.52. The first-order chi connectivity index (χ1) is 15.4. The lowest BCUT2D eigenvalue weighted by Crippen LogP contribution is -2.36. The number of nitrogens with one attached hydrogen (secondary N) is 2. The molecule has 2 N–H and O–H groups in total. The highest BCUT2D eigenvalue weighted by atomic mass is 35.5. The standard InChI is InChI=1S/C23H23ClF2N4O2/c1-27-10-23(31)30-14-28-20-8-15(2-5-21(20)30)11-29-7-6-22(18(24)12-29)32-13-16-3-4-17(25)9-19(16)26/h2-6,8-9,12,27-28H,7,10-11,13-14H2,1H3. The molecule has 0 bridgehead atoms. The van der Waals surface area contributed by atoms with Crippen molar-refractivity contribution >= 4 is 28.9 Å². The lowest BCUT2D eigenvalue weighted by Gasteiger charge is -2.25. The van der Waals surface area contributed by atoms with Crippen molar-refractivity contribution in [3.63, 3.8) is 0 Å². The molecule has 2 heterocycles. The first kappa shape index (κ1) is 22.1. The molecule has 0 aromatic heterocycles. The Hall–Kier alpha value is -3.10. The normalized spacial score (nSPS) is 15.1. The van der Waals surface area contributed by atoms with Crippen LogP contribution in [0.4, 0.5) is 20.2 Å². The summed E-state index contributed by atoms with van der Waals surface area (Å²) >= 11 is 6.36. The molecule has 0 spiro atoms. The smallest absolute Gasteiger partial charge is 0.242 e. The summed E-state index contributed by atoms with van der Waals surface area (Å²) in [5.74, 6) is -0.813. The zero-order valence-corrected chi connectivity index (χ0v) is 18.3. The van der Waals surface area contributed by atoms with Crippen molar-refractivity contribution in [2.45, 2.75) is 13.2 Å². The van der Waals surface area contributed by atoms with Gasteiger partial charge in [-0.05, 0) is 43.0 Å². The van der Waals surface area contributed by atoms with Crippen LogP contribution >= 0.6 is 11.6 Å². The van der Waals surface area contributed by atoms with Gasteiger partial charge in [0.2, 0.25) is 5.91 Å². The van der Waals surface area contributed by atoms with Gasteiger partial charge in [-0.3, -0.25) is 9.69 Å². The molecule has 0 saturated heterocycles. The predicted molar refractivity (Wildman–Crippen MR) is 120 cm³/mol. The van der Waals surface area contributed by atoms with Crippen molar-refractivity contribution in [1.29, 1.82) is 0 Å². The highest BCUT2D eigenvalue weighted by molar-refractivity contribution is 6.31. The van der Waals surface area contributed by atoms with Gasteiger partial charge in [-0.1, -0.05) is 17.7 Å². The second-order valence-corrected chi connectivity index (χ2v) is 7.94. The molecule has 9 heteroatoms. The number of carbonyl (C=O) groups is 1. The number of hydrogen-bond acceptors (Lipinski definition) is 5. The Labute approximate surface area is 190 Å². The third-order valence-electron chi connectivity index (χ3n) is 5.23. The Balaban J connectivity index is 1.36. The number of hydrogen-bond donors (Lipinski definition) is 2. The van der Waals surface area contributed by atoms with E-state index in [9.17, 15) is 13.6 Å². The molecule has 0 radical (unpaired) electrons. The number of rotatable bonds is 7. The molecule has 2 aliphatic heterocycles. The Bertz CT molecular complexity index is 1090. The minimum Gasteiger partial charge on any atom is -0.487 e. The molecular weight excluding hydrogens is 438 g/mol. The molecule has 32 heavy (non-hydrogen) atoms. The van der Waals surface area contributed by atoms with Crippen LogP contribution in [0.2, 0.25) is 0 Å². The average Bonchev–Trinajstić information content (AvgIpc) is 3.18. The molecule has 6 nitrogen and oxygen atoms in total. The number of anilines is 2. The SMILES string of the molecule is CNCC(=O)N1CNc2cc(CN3C=C(Cl)C(OCc4ccc(F)cc4F)=CC3)ccc21. The number of carbonyl (C=O) groups excluding carboxylic acids is 1. The lowest BCUT2D eigenvalue weighted by molar-refractivity contribution is -0.117. The fraction of sp³-hybridized carbons (Fsp3) is 0.261. The minimum atomic E-state index is -0.653. The van der Waals surface area contributed by atoms with Crippen molar-refractivity contribution in [2.75, 3.05) is 37.0 Å². The van der Waals surface area contributed by atoms with Crippen LogP contribution in [0.15, 0.2) is 59.5 Å². The lowest BCUT2D eigenvalue weighted by atomic mass is 10.1. The van der Waals surface area contributed by atoms with Gasteiger partial charge in [-0.2, -0.15) is 0 Å². The molecule has 0 aliphatic carbocycles. The van der Waals surface area contributed by atoms with E-state index in [1.54, 1.807) is 18.1 Å². The molecular formula is C23H23ClF2N4O2. The largest absolute Gasteiger partial charge is 0.487 e. The number of allylic oxidation sites excluding steroid dienone is 1. The number of ether oxygens (including phenoxy) is 1. The Morgan fingerprint density at radius 1 is 1.25 bits per heavy atom. The second kappa shape index (κ2) is 9.58. The van der Waals surface area contributed by atoms with Gasteiger partial charge in [0, 0.05) is 30.9 Å². The third kappa shape index (κ3) is 4.87. The summed E-state index contributed by atoms with van der Waals surface area (Å²) in [6.07, 6.45) is 3.61. The summed E-state index contributed by atoms with van der Waals surface area (Å²) in [4.78, 5) is 15.9. The zero-order chi connectivity index (χ0) is 22.7. The Morgan fingerprint density at radius 2 is 2.09 bits per heavy atom. The first-order valence-electron chi connectivity index (χ1n) is 10.1. The van der Waals surface area contributed by atoms with E-state index in [0.717, 1.165) is 23.0 Å². The molecule has 2 aliphatic rings. The highest BCUT2D eigenvalue weighted by Crippen LogP contribution is 2.33. The predicted octanol–water partition coefficient (Wildman–Crippen LogP) is 3.90. The van der Waals surface area contributed by atoms with Crippen LogP contribution in [0.5, 0.6) is 0 Å². The molecule has 0 fully saturated rings. The van der Waals surface area contributed by atoms with Gasteiger partial charge in [0.25, 0.3) is 0 Å². The van der Waals surface area contributed by atoms with Crippen LogP contribution in [-0.2, 0) is 22.7 Å². The van der Waals surface area contributed by atoms with Gasteiger partial charge < -0.3 is 20.3 Å². The van der Waals surface area contributed by atoms with Crippen LogP contribution in [0.3, 0.4) is 0 Å². The van der Waals surface area contributed by atoms with Gasteiger partial charge in [-0.25, -0.2) is 8.78 Å². The second-order valence-electron chi connectivity index (χ2n) is 7.54. The van der Waals surface area contributed by atoms with Crippen LogP contribution in [0.1, 0.15) is 11.1 Å². The van der Waals surface area contributed by atoms with Gasteiger partial charge in [0.1, 0.15) is 24.0 Å². The number of halogens is 3. The van der Waals surface area contributed by atoms with Gasteiger partial charge in [0.15, 0.2) is 0 Å². The first-order valence-corrected chi connectivity index (χ1v) is 10.5. The van der Waals surface area contributed by atoms with E-state index < -0.39 is 11.6 Å². The number of amides is 1. The Kier molecular flexibility index (Phi) is 6.62. The summed E-state index contributed by atoms with van der Waals surface area (Å²) < 4.78 is 32.5. The maximum absolute atomic E-state index is 13.8. The van der Waals surface area contributed by atoms with Gasteiger partial charge in [-0.15, -0.1) is 0 Å². The summed E-state index contributed by atoms with van der Waals surface area (Å²) in [5, 5.41) is 6.54. The Morgan fingerprint density at radius 3 is 2.84 bits per heavy atom. The van der Waals surface area contributed by atoms with E-state index in [-0.39, 0.29) is 24.6 Å². The topological polar surface area (TPSA) is 56.8 Å². The van der Waals surface area contributed by atoms with E-state index in [1.165, 1.54) is 12.1 Å². The number of benzene rings is 2. The van der Waals surface area contributed by atoms with E-state index >= 15 is 0 Å². The van der Waals surface area contributed by atoms with Crippen molar-refractivity contribution in [3.8, 4) is 0 Å². The average molecular weight is 461 g/mol. The summed E-state index contributed by atoms with van der Waals surface area (Å²) in [6, 6.07) is 9.32. The summed E-state index contributed by atoms with van der Waals surface area (Å²) in [7, 11) is 1.74. The maximum Gasteiger partial charge on any atom is 0.242 e. The van der Waals surface area contributed by atoms with Crippen molar-refractivity contribution in [1.82, 2.24) is 10.2 Å². The van der Waals surface area contributed by atoms with Crippen LogP contribution in [-0.4, -0.2) is 37.6 Å². The van der Waals surface area contributed by atoms with Crippen molar-refractivity contribution in [3.05, 3.63) is 82.2 Å². The number of likely N-dealkylation sites (N-methyl/N-ethyl adjacent to an activating group) is 1. The quantitative estimate of drug-likeness (QED) is 0.656. The minimum absolute atomic E-state index is 0.00966. The fourth-order valence-corrected chi connectivity index (χ4v) is 3.89. The van der Waals surface area contributed by atoms with Crippen LogP contribution in [0.25, 0.3) is 0 Å². The van der Waals surface area contributed by atoms with E-state index in [0.29, 0.717) is 30.5 Å². The molecule has 0 atom stereocenters. The molecule has 1 amide bonds. The number of nitrogens with zero attached hydrogens (tertiary/aromatic N) is 2. The van der Waals surface area contributed by atoms with E-state index in [1.807, 2.05) is 29.2 Å². The van der Waals surface area contributed by atoms with Gasteiger partial charge >= 0.3 is 0 Å². The highest BCUT2D eigenvalue weighted by Gasteiger charge is 2.24. The zero-order valence-electron chi connectivity index (χ0n) is 17.5. The molecule has 0 unspecified atom stereocenters. The van der Waals surface area contributed by atoms with E-state index in [2.05, 4.69) is 10.6 Å². The van der Waals surface area contributed by atoms with Crippen LogP contribution < -0.4 is 15.5 Å². The van der Waals surface area contributed by atoms with Gasteiger partial charge in [0.05, 0.1) is 29.6 Å².